The van der Waals surface area contributed by atoms with E-state index in [1.165, 1.54) is 16.4 Å². The molecule has 2 N–H and O–H groups in total. The molecule has 0 radical (unpaired) electrons. The monoisotopic (exact) mass is 298 g/mol. The van der Waals surface area contributed by atoms with Crippen LogP contribution in [0.2, 0.25) is 0 Å². The number of aryl methyl sites for hydroxylation is 1. The van der Waals surface area contributed by atoms with Crippen molar-refractivity contribution in [2.45, 2.75) is 43.5 Å². The van der Waals surface area contributed by atoms with Gasteiger partial charge >= 0.3 is 0 Å². The zero-order valence-electron chi connectivity index (χ0n) is 11.5. The lowest BCUT2D eigenvalue weighted by molar-refractivity contribution is 0.386. The van der Waals surface area contributed by atoms with E-state index in [2.05, 4.69) is 0 Å². The molecule has 2 aliphatic rings. The van der Waals surface area contributed by atoms with Crippen molar-refractivity contribution in [2.75, 3.05) is 12.3 Å². The average molecular weight is 298 g/mol. The fourth-order valence-corrected chi connectivity index (χ4v) is 4.20. The van der Waals surface area contributed by atoms with Gasteiger partial charge in [0.05, 0.1) is 0 Å². The van der Waals surface area contributed by atoms with Crippen molar-refractivity contribution >= 4 is 15.7 Å². The number of halogens is 1. The van der Waals surface area contributed by atoms with Crippen LogP contribution in [0.5, 0.6) is 0 Å². The van der Waals surface area contributed by atoms with E-state index in [9.17, 15) is 12.8 Å². The molecule has 1 aromatic carbocycles. The van der Waals surface area contributed by atoms with Crippen molar-refractivity contribution < 1.29 is 12.8 Å². The second-order valence-corrected chi connectivity index (χ2v) is 7.75. The van der Waals surface area contributed by atoms with Gasteiger partial charge in [0.25, 0.3) is 0 Å². The Hall–Kier alpha value is -1.14. The molecule has 6 heteroatoms. The fourth-order valence-electron chi connectivity index (χ4n) is 2.35. The van der Waals surface area contributed by atoms with E-state index in [0.717, 1.165) is 25.7 Å². The molecule has 3 rings (SSSR count). The zero-order valence-corrected chi connectivity index (χ0v) is 12.3. The number of nitrogens with two attached hydrogens (primary N) is 1. The predicted octanol–water partition coefficient (Wildman–Crippen LogP) is 2.28. The minimum Gasteiger partial charge on any atom is -0.398 e. The normalized spacial score (nSPS) is 19.6. The number of anilines is 1. The number of sulfonamides is 1. The molecule has 2 saturated carbocycles. The topological polar surface area (TPSA) is 63.4 Å². The van der Waals surface area contributed by atoms with E-state index in [1.807, 2.05) is 0 Å². The van der Waals surface area contributed by atoms with Gasteiger partial charge in [-0.05, 0) is 56.2 Å². The van der Waals surface area contributed by atoms with Gasteiger partial charge in [-0.25, -0.2) is 12.8 Å². The van der Waals surface area contributed by atoms with Gasteiger partial charge in [-0.1, -0.05) is 0 Å². The molecule has 20 heavy (non-hydrogen) atoms. The molecular formula is C14H19FN2O2S. The van der Waals surface area contributed by atoms with Crippen LogP contribution in [0.3, 0.4) is 0 Å². The summed E-state index contributed by atoms with van der Waals surface area (Å²) in [4.78, 5) is -0.284. The molecule has 4 nitrogen and oxygen atoms in total. The third-order valence-corrected chi connectivity index (χ3v) is 5.93. The quantitative estimate of drug-likeness (QED) is 0.848. The summed E-state index contributed by atoms with van der Waals surface area (Å²) < 4.78 is 40.9. The van der Waals surface area contributed by atoms with Gasteiger partial charge in [0.2, 0.25) is 10.0 Å². The smallest absolute Gasteiger partial charge is 0.246 e. The van der Waals surface area contributed by atoms with Crippen molar-refractivity contribution in [1.29, 1.82) is 0 Å². The van der Waals surface area contributed by atoms with E-state index >= 15 is 0 Å². The Morgan fingerprint density at radius 3 is 2.50 bits per heavy atom. The third kappa shape index (κ3) is 2.54. The van der Waals surface area contributed by atoms with Crippen LogP contribution in [0.1, 0.15) is 31.2 Å². The van der Waals surface area contributed by atoms with Crippen LogP contribution >= 0.6 is 0 Å². The molecular weight excluding hydrogens is 279 g/mol. The minimum absolute atomic E-state index is 0.0440. The maximum Gasteiger partial charge on any atom is 0.246 e. The number of hydrogen-bond donors (Lipinski definition) is 1. The molecule has 0 saturated heterocycles. The van der Waals surface area contributed by atoms with Crippen LogP contribution in [0.25, 0.3) is 0 Å². The lowest BCUT2D eigenvalue weighted by Gasteiger charge is -2.22. The lowest BCUT2D eigenvalue weighted by atomic mass is 10.2. The first-order valence-corrected chi connectivity index (χ1v) is 8.41. The highest BCUT2D eigenvalue weighted by atomic mass is 32.2. The third-order valence-electron chi connectivity index (χ3n) is 4.00. The van der Waals surface area contributed by atoms with E-state index in [0.29, 0.717) is 23.7 Å². The Labute approximate surface area is 118 Å². The molecule has 0 unspecified atom stereocenters. The highest BCUT2D eigenvalue weighted by Crippen LogP contribution is 2.38. The average Bonchev–Trinajstić information content (AvgIpc) is 3.24. The second kappa shape index (κ2) is 4.70. The van der Waals surface area contributed by atoms with E-state index in [4.69, 9.17) is 5.73 Å². The Kier molecular flexibility index (Phi) is 3.25. The van der Waals surface area contributed by atoms with Crippen molar-refractivity contribution in [3.63, 3.8) is 0 Å². The summed E-state index contributed by atoms with van der Waals surface area (Å²) in [6.07, 6.45) is 3.87. The fraction of sp³-hybridized carbons (Fsp3) is 0.571. The van der Waals surface area contributed by atoms with Gasteiger partial charge in [0.15, 0.2) is 0 Å². The van der Waals surface area contributed by atoms with Crippen LogP contribution in [-0.4, -0.2) is 25.3 Å². The van der Waals surface area contributed by atoms with Crippen molar-refractivity contribution in [1.82, 2.24) is 4.31 Å². The predicted molar refractivity (Wildman–Crippen MR) is 75.2 cm³/mol. The van der Waals surface area contributed by atoms with E-state index in [-0.39, 0.29) is 10.9 Å². The molecule has 0 bridgehead atoms. The molecule has 0 spiro atoms. The van der Waals surface area contributed by atoms with Gasteiger partial charge < -0.3 is 5.73 Å². The van der Waals surface area contributed by atoms with E-state index in [1.54, 1.807) is 6.92 Å². The molecule has 2 fully saturated rings. The van der Waals surface area contributed by atoms with Crippen molar-refractivity contribution in [2.24, 2.45) is 5.92 Å². The van der Waals surface area contributed by atoms with Crippen LogP contribution in [-0.2, 0) is 10.0 Å². The first kappa shape index (κ1) is 13.8. The number of rotatable bonds is 5. The summed E-state index contributed by atoms with van der Waals surface area (Å²) >= 11 is 0. The summed E-state index contributed by atoms with van der Waals surface area (Å²) in [6.45, 7) is 2.18. The molecule has 110 valence electrons. The first-order chi connectivity index (χ1) is 9.39. The first-order valence-electron chi connectivity index (χ1n) is 6.97. The Balaban J connectivity index is 1.98. The van der Waals surface area contributed by atoms with Gasteiger partial charge in [-0.15, -0.1) is 0 Å². The lowest BCUT2D eigenvalue weighted by Crippen LogP contribution is -2.35. The van der Waals surface area contributed by atoms with E-state index < -0.39 is 15.8 Å². The van der Waals surface area contributed by atoms with Gasteiger partial charge in [0.1, 0.15) is 10.7 Å². The van der Waals surface area contributed by atoms with Crippen LogP contribution in [0, 0.1) is 18.7 Å². The summed E-state index contributed by atoms with van der Waals surface area (Å²) in [5.41, 5.74) is 6.61. The molecule has 2 aliphatic carbocycles. The summed E-state index contributed by atoms with van der Waals surface area (Å²) in [6, 6.07) is 2.50. The van der Waals surface area contributed by atoms with Crippen molar-refractivity contribution in [3.8, 4) is 0 Å². The van der Waals surface area contributed by atoms with Gasteiger partial charge in [0, 0.05) is 18.3 Å². The van der Waals surface area contributed by atoms with Gasteiger partial charge in [-0.3, -0.25) is 0 Å². The molecule has 1 aromatic rings. The molecule has 0 aromatic heterocycles. The Morgan fingerprint density at radius 1 is 1.30 bits per heavy atom. The molecule has 0 aliphatic heterocycles. The standard InChI is InChI=1S/C14H19FN2O2S/c1-9-6-12(15)14(7-13(9)16)20(18,19)17(11-4-5-11)8-10-2-3-10/h6-7,10-11H,2-5,8,16H2,1H3. The highest BCUT2D eigenvalue weighted by Gasteiger charge is 2.42. The maximum absolute atomic E-state index is 14.1. The summed E-state index contributed by atoms with van der Waals surface area (Å²) in [5, 5.41) is 0. The zero-order chi connectivity index (χ0) is 14.5. The summed E-state index contributed by atoms with van der Waals surface area (Å²) in [5.74, 6) is -0.269. The summed E-state index contributed by atoms with van der Waals surface area (Å²) in [7, 11) is -3.78. The van der Waals surface area contributed by atoms with Crippen LogP contribution in [0.15, 0.2) is 17.0 Å². The molecule has 0 amide bonds. The number of hydrogen-bond acceptors (Lipinski definition) is 3. The largest absolute Gasteiger partial charge is 0.398 e. The Bertz CT molecular complexity index is 637. The van der Waals surface area contributed by atoms with Crippen molar-refractivity contribution in [3.05, 3.63) is 23.5 Å². The number of nitrogens with zero attached hydrogens (tertiary/aromatic N) is 1. The number of benzene rings is 1. The van der Waals surface area contributed by atoms with Gasteiger partial charge in [-0.2, -0.15) is 4.31 Å². The maximum atomic E-state index is 14.1. The van der Waals surface area contributed by atoms with Crippen LogP contribution < -0.4 is 5.73 Å². The molecule has 0 atom stereocenters. The SMILES string of the molecule is Cc1cc(F)c(S(=O)(=O)N(CC2CC2)C2CC2)cc1N. The molecule has 0 heterocycles. The second-order valence-electron chi connectivity index (χ2n) is 5.89. The minimum atomic E-state index is -3.78. The Morgan fingerprint density at radius 2 is 1.95 bits per heavy atom. The number of nitrogen functional groups attached to an aromatic ring is 1. The highest BCUT2D eigenvalue weighted by molar-refractivity contribution is 7.89. The van der Waals surface area contributed by atoms with Crippen LogP contribution in [0.4, 0.5) is 10.1 Å².